The molecule has 0 bridgehead atoms. The maximum absolute atomic E-state index is 11.9. The fourth-order valence-electron chi connectivity index (χ4n) is 2.12. The van der Waals surface area contributed by atoms with Crippen LogP contribution >= 0.6 is 0 Å². The van der Waals surface area contributed by atoms with Gasteiger partial charge in [-0.15, -0.1) is 0 Å². The van der Waals surface area contributed by atoms with Crippen molar-refractivity contribution in [2.45, 2.75) is 19.1 Å². The second-order valence-corrected chi connectivity index (χ2v) is 4.89. The van der Waals surface area contributed by atoms with Gasteiger partial charge in [0.2, 0.25) is 5.91 Å². The molecule has 1 saturated heterocycles. The summed E-state index contributed by atoms with van der Waals surface area (Å²) in [5.41, 5.74) is -0.534. The number of hydrogen-bond donors (Lipinski definition) is 1. The van der Waals surface area contributed by atoms with Gasteiger partial charge in [0, 0.05) is 12.1 Å². The standard InChI is InChI=1S/C14H17NO5/c1-14(13(17)18)9-15(12(16)8-20-14)7-10-5-3-4-6-11(10)19-2/h3-6H,7-9H2,1-2H3,(H,17,18). The van der Waals surface area contributed by atoms with Crippen LogP contribution in [-0.2, 0) is 20.9 Å². The zero-order chi connectivity index (χ0) is 14.8. The van der Waals surface area contributed by atoms with E-state index in [0.29, 0.717) is 12.3 Å². The smallest absolute Gasteiger partial charge is 0.337 e. The molecular formula is C14H17NO5. The lowest BCUT2D eigenvalue weighted by molar-refractivity contribution is -0.182. The third-order valence-electron chi connectivity index (χ3n) is 3.37. The molecule has 1 heterocycles. The Morgan fingerprint density at radius 2 is 2.20 bits per heavy atom. The first-order valence-electron chi connectivity index (χ1n) is 6.23. The van der Waals surface area contributed by atoms with Gasteiger partial charge in [0.05, 0.1) is 13.7 Å². The minimum Gasteiger partial charge on any atom is -0.496 e. The SMILES string of the molecule is COc1ccccc1CN1CC(C)(C(=O)O)OCC1=O. The van der Waals surface area contributed by atoms with E-state index in [1.54, 1.807) is 13.2 Å². The normalized spacial score (nSPS) is 22.7. The van der Waals surface area contributed by atoms with E-state index in [1.807, 2.05) is 18.2 Å². The van der Waals surface area contributed by atoms with Crippen LogP contribution in [0.25, 0.3) is 0 Å². The van der Waals surface area contributed by atoms with Crippen molar-refractivity contribution in [2.75, 3.05) is 20.3 Å². The number of methoxy groups -OCH3 is 1. The highest BCUT2D eigenvalue weighted by molar-refractivity contribution is 5.83. The van der Waals surface area contributed by atoms with Gasteiger partial charge < -0.3 is 19.5 Å². The number of hydrogen-bond acceptors (Lipinski definition) is 4. The summed E-state index contributed by atoms with van der Waals surface area (Å²) in [6.45, 7) is 1.56. The molecule has 6 heteroatoms. The minimum absolute atomic E-state index is 0.0131. The van der Waals surface area contributed by atoms with Crippen LogP contribution in [0.5, 0.6) is 5.75 Å². The number of rotatable bonds is 4. The third kappa shape index (κ3) is 2.75. The molecule has 0 spiro atoms. The molecule has 1 fully saturated rings. The first-order chi connectivity index (χ1) is 9.46. The zero-order valence-corrected chi connectivity index (χ0v) is 11.5. The summed E-state index contributed by atoms with van der Waals surface area (Å²) in [6, 6.07) is 7.33. The van der Waals surface area contributed by atoms with Crippen molar-refractivity contribution < 1.29 is 24.2 Å². The number of carbonyl (C=O) groups excluding carboxylic acids is 1. The Balaban J connectivity index is 2.18. The summed E-state index contributed by atoms with van der Waals surface area (Å²) in [5, 5.41) is 9.18. The molecule has 6 nitrogen and oxygen atoms in total. The van der Waals surface area contributed by atoms with Gasteiger partial charge in [-0.05, 0) is 13.0 Å². The Kier molecular flexibility index (Phi) is 3.94. The largest absolute Gasteiger partial charge is 0.496 e. The number of aliphatic carboxylic acids is 1. The predicted octanol–water partition coefficient (Wildman–Crippen LogP) is 0.897. The second-order valence-electron chi connectivity index (χ2n) is 4.89. The van der Waals surface area contributed by atoms with Crippen LogP contribution in [0.3, 0.4) is 0 Å². The summed E-state index contributed by atoms with van der Waals surface area (Å²) >= 11 is 0. The summed E-state index contributed by atoms with van der Waals surface area (Å²) in [6.07, 6.45) is 0. The van der Waals surface area contributed by atoms with Crippen LogP contribution in [0, 0.1) is 0 Å². The number of para-hydroxylation sites is 1. The zero-order valence-electron chi connectivity index (χ0n) is 11.5. The molecule has 1 atom stereocenters. The molecule has 0 radical (unpaired) electrons. The van der Waals surface area contributed by atoms with Crippen LogP contribution in [0.4, 0.5) is 0 Å². The number of ether oxygens (including phenoxy) is 2. The monoisotopic (exact) mass is 279 g/mol. The van der Waals surface area contributed by atoms with Gasteiger partial charge in [0.15, 0.2) is 5.60 Å². The van der Waals surface area contributed by atoms with Crippen molar-refractivity contribution in [2.24, 2.45) is 0 Å². The van der Waals surface area contributed by atoms with E-state index in [2.05, 4.69) is 0 Å². The van der Waals surface area contributed by atoms with Gasteiger partial charge in [-0.25, -0.2) is 4.79 Å². The quantitative estimate of drug-likeness (QED) is 0.886. The van der Waals surface area contributed by atoms with Crippen molar-refractivity contribution in [3.8, 4) is 5.75 Å². The van der Waals surface area contributed by atoms with Crippen LogP contribution in [0.15, 0.2) is 24.3 Å². The van der Waals surface area contributed by atoms with Gasteiger partial charge in [-0.1, -0.05) is 18.2 Å². The van der Waals surface area contributed by atoms with Crippen LogP contribution in [0.1, 0.15) is 12.5 Å². The van der Waals surface area contributed by atoms with Gasteiger partial charge in [0.25, 0.3) is 0 Å². The lowest BCUT2D eigenvalue weighted by atomic mass is 10.0. The van der Waals surface area contributed by atoms with Crippen LogP contribution in [-0.4, -0.2) is 47.7 Å². The Labute approximate surface area is 116 Å². The Bertz CT molecular complexity index is 530. The summed E-state index contributed by atoms with van der Waals surface area (Å²) in [7, 11) is 1.56. The molecule has 0 aromatic heterocycles. The van der Waals surface area contributed by atoms with Gasteiger partial charge >= 0.3 is 5.97 Å². The van der Waals surface area contributed by atoms with Gasteiger partial charge in [-0.2, -0.15) is 0 Å². The molecular weight excluding hydrogens is 262 g/mol. The number of benzene rings is 1. The van der Waals surface area contributed by atoms with E-state index in [9.17, 15) is 14.7 Å². The van der Waals surface area contributed by atoms with Gasteiger partial charge in [0.1, 0.15) is 12.4 Å². The lowest BCUT2D eigenvalue weighted by Gasteiger charge is -2.37. The Morgan fingerprint density at radius 3 is 2.85 bits per heavy atom. The minimum atomic E-state index is -1.37. The molecule has 1 aromatic carbocycles. The summed E-state index contributed by atoms with van der Waals surface area (Å²) in [4.78, 5) is 24.6. The predicted molar refractivity (Wildman–Crippen MR) is 70.4 cm³/mol. The molecule has 0 aliphatic carbocycles. The third-order valence-corrected chi connectivity index (χ3v) is 3.37. The topological polar surface area (TPSA) is 76.1 Å². The lowest BCUT2D eigenvalue weighted by Crippen LogP contribution is -2.56. The van der Waals surface area contributed by atoms with Crippen molar-refractivity contribution in [3.63, 3.8) is 0 Å². The van der Waals surface area contributed by atoms with Crippen LogP contribution < -0.4 is 4.74 Å². The van der Waals surface area contributed by atoms with Crippen molar-refractivity contribution >= 4 is 11.9 Å². The second kappa shape index (κ2) is 5.50. The van der Waals surface area contributed by atoms with E-state index in [-0.39, 0.29) is 19.1 Å². The average Bonchev–Trinajstić information content (AvgIpc) is 2.43. The van der Waals surface area contributed by atoms with Crippen molar-refractivity contribution in [1.29, 1.82) is 0 Å². The van der Waals surface area contributed by atoms with E-state index >= 15 is 0 Å². The van der Waals surface area contributed by atoms with E-state index in [4.69, 9.17) is 9.47 Å². The molecule has 1 aromatic rings. The number of morpholine rings is 1. The van der Waals surface area contributed by atoms with Crippen LogP contribution in [0.2, 0.25) is 0 Å². The molecule has 0 saturated carbocycles. The number of carbonyl (C=O) groups is 2. The number of carboxylic acids is 1. The van der Waals surface area contributed by atoms with Gasteiger partial charge in [-0.3, -0.25) is 4.79 Å². The fourth-order valence-corrected chi connectivity index (χ4v) is 2.12. The molecule has 1 amide bonds. The first kappa shape index (κ1) is 14.3. The molecule has 20 heavy (non-hydrogen) atoms. The summed E-state index contributed by atoms with van der Waals surface area (Å²) in [5.74, 6) is -0.631. The van der Waals surface area contributed by atoms with Crippen molar-refractivity contribution in [1.82, 2.24) is 4.90 Å². The number of nitrogens with zero attached hydrogens (tertiary/aromatic N) is 1. The number of carboxylic acid groups (broad SMARTS) is 1. The van der Waals surface area contributed by atoms with Crippen molar-refractivity contribution in [3.05, 3.63) is 29.8 Å². The fraction of sp³-hybridized carbons (Fsp3) is 0.429. The number of amides is 1. The van der Waals surface area contributed by atoms with E-state index in [0.717, 1.165) is 5.56 Å². The average molecular weight is 279 g/mol. The Morgan fingerprint density at radius 1 is 1.50 bits per heavy atom. The maximum atomic E-state index is 11.9. The molecule has 108 valence electrons. The van der Waals surface area contributed by atoms with E-state index in [1.165, 1.54) is 11.8 Å². The molecule has 1 aliphatic rings. The summed E-state index contributed by atoms with van der Waals surface area (Å²) < 4.78 is 10.4. The highest BCUT2D eigenvalue weighted by Crippen LogP contribution is 2.24. The maximum Gasteiger partial charge on any atom is 0.337 e. The Hall–Kier alpha value is -2.08. The molecule has 1 N–H and O–H groups in total. The molecule has 2 rings (SSSR count). The molecule has 1 aliphatic heterocycles. The first-order valence-corrected chi connectivity index (χ1v) is 6.23. The highest BCUT2D eigenvalue weighted by Gasteiger charge is 2.42. The molecule has 1 unspecified atom stereocenters. The van der Waals surface area contributed by atoms with E-state index < -0.39 is 11.6 Å². The highest BCUT2D eigenvalue weighted by atomic mass is 16.5.